The van der Waals surface area contributed by atoms with Gasteiger partial charge in [-0.25, -0.2) is 8.78 Å². The molecule has 1 aliphatic heterocycles. The van der Waals surface area contributed by atoms with Crippen LogP contribution in [0.1, 0.15) is 18.5 Å². The number of hydrogen-bond acceptors (Lipinski definition) is 4. The minimum atomic E-state index is -3.14. The number of hydrogen-bond donors (Lipinski definition) is 2. The van der Waals surface area contributed by atoms with E-state index in [0.717, 1.165) is 10.6 Å². The van der Waals surface area contributed by atoms with Crippen molar-refractivity contribution in [1.29, 1.82) is 0 Å². The molecular formula is C15H23ClF2N2OS. The summed E-state index contributed by atoms with van der Waals surface area (Å²) in [6.07, 6.45) is 0. The Morgan fingerprint density at radius 3 is 2.36 bits per heavy atom. The number of nitrogens with zero attached hydrogens (tertiary/aromatic N) is 1. The molecule has 0 spiro atoms. The Kier molecular flexibility index (Phi) is 8.07. The molecule has 3 nitrogen and oxygen atoms in total. The summed E-state index contributed by atoms with van der Waals surface area (Å²) in [5.41, 5.74) is 0.566. The predicted octanol–water partition coefficient (Wildman–Crippen LogP) is 2.79. The van der Waals surface area contributed by atoms with Crippen molar-refractivity contribution in [3.8, 4) is 0 Å². The summed E-state index contributed by atoms with van der Waals surface area (Å²) < 4.78 is 28.4. The van der Waals surface area contributed by atoms with Crippen molar-refractivity contribution in [1.82, 2.24) is 10.2 Å². The fraction of sp³-hybridized carbons (Fsp3) is 0.600. The molecule has 1 atom stereocenters. The zero-order chi connectivity index (χ0) is 15.3. The fourth-order valence-electron chi connectivity index (χ4n) is 2.66. The monoisotopic (exact) mass is 352 g/mol. The molecule has 0 aromatic heterocycles. The quantitative estimate of drug-likeness (QED) is 0.772. The standard InChI is InChI=1S/C15H22F2N2OS.ClH/c1-2-21-13-5-3-12(4-6-13)14(15(16,17)11-20)19-9-7-18-8-10-19;/h3-6,14,18,20H,2,7-11H2,1H3;1H/t14-;/m0./s1. The molecule has 0 saturated carbocycles. The van der Waals surface area contributed by atoms with Crippen LogP contribution in [0.2, 0.25) is 0 Å². The molecule has 0 aliphatic carbocycles. The average Bonchev–Trinajstić information content (AvgIpc) is 2.50. The third-order valence-electron chi connectivity index (χ3n) is 3.63. The predicted molar refractivity (Wildman–Crippen MR) is 89.3 cm³/mol. The van der Waals surface area contributed by atoms with E-state index in [9.17, 15) is 8.78 Å². The van der Waals surface area contributed by atoms with Crippen LogP contribution in [-0.4, -0.2) is 54.5 Å². The Labute approximate surface area is 140 Å². The van der Waals surface area contributed by atoms with E-state index in [4.69, 9.17) is 5.11 Å². The van der Waals surface area contributed by atoms with E-state index < -0.39 is 18.6 Å². The lowest BCUT2D eigenvalue weighted by Gasteiger charge is -2.38. The lowest BCUT2D eigenvalue weighted by atomic mass is 9.98. The first-order chi connectivity index (χ1) is 10.1. The molecule has 0 radical (unpaired) electrons. The van der Waals surface area contributed by atoms with E-state index in [2.05, 4.69) is 12.2 Å². The fourth-order valence-corrected chi connectivity index (χ4v) is 3.32. The molecule has 1 heterocycles. The second-order valence-corrected chi connectivity index (χ2v) is 6.45. The molecule has 1 aliphatic rings. The number of nitrogens with one attached hydrogen (secondary N) is 1. The van der Waals surface area contributed by atoms with Crippen molar-refractivity contribution in [2.24, 2.45) is 0 Å². The van der Waals surface area contributed by atoms with Crippen molar-refractivity contribution >= 4 is 24.2 Å². The van der Waals surface area contributed by atoms with Crippen LogP contribution in [0.25, 0.3) is 0 Å². The molecule has 1 aromatic carbocycles. The zero-order valence-corrected chi connectivity index (χ0v) is 14.2. The summed E-state index contributed by atoms with van der Waals surface area (Å²) in [6, 6.07) is 6.21. The largest absolute Gasteiger partial charge is 0.390 e. The van der Waals surface area contributed by atoms with Crippen LogP contribution in [-0.2, 0) is 0 Å². The summed E-state index contributed by atoms with van der Waals surface area (Å²) in [6.45, 7) is 3.44. The Morgan fingerprint density at radius 1 is 1.27 bits per heavy atom. The van der Waals surface area contributed by atoms with Crippen molar-refractivity contribution in [2.45, 2.75) is 23.8 Å². The SMILES string of the molecule is CCSc1ccc([C@H](N2CCNCC2)C(F)(F)CO)cc1.Cl. The maximum atomic E-state index is 14.2. The highest BCUT2D eigenvalue weighted by Crippen LogP contribution is 2.37. The lowest BCUT2D eigenvalue weighted by Crippen LogP contribution is -2.51. The summed E-state index contributed by atoms with van der Waals surface area (Å²) in [5, 5.41) is 12.3. The van der Waals surface area contributed by atoms with Crippen LogP contribution in [0.15, 0.2) is 29.2 Å². The molecule has 0 bridgehead atoms. The van der Waals surface area contributed by atoms with Crippen molar-refractivity contribution in [2.75, 3.05) is 38.5 Å². The van der Waals surface area contributed by atoms with Crippen molar-refractivity contribution < 1.29 is 13.9 Å². The Hall–Kier alpha value is -0.400. The third-order valence-corrected chi connectivity index (χ3v) is 4.53. The number of thioether (sulfide) groups is 1. The van der Waals surface area contributed by atoms with E-state index in [1.165, 1.54) is 0 Å². The lowest BCUT2D eigenvalue weighted by molar-refractivity contribution is -0.118. The van der Waals surface area contributed by atoms with Gasteiger partial charge in [-0.1, -0.05) is 19.1 Å². The molecule has 126 valence electrons. The molecule has 1 aromatic rings. The molecule has 2 rings (SSSR count). The van der Waals surface area contributed by atoms with Crippen LogP contribution in [0.3, 0.4) is 0 Å². The van der Waals surface area contributed by atoms with Crippen LogP contribution in [0.5, 0.6) is 0 Å². The van der Waals surface area contributed by atoms with E-state index in [1.54, 1.807) is 28.8 Å². The van der Waals surface area contributed by atoms with Gasteiger partial charge in [0.15, 0.2) is 0 Å². The van der Waals surface area contributed by atoms with Gasteiger partial charge < -0.3 is 10.4 Å². The maximum Gasteiger partial charge on any atom is 0.289 e. The van der Waals surface area contributed by atoms with E-state index in [-0.39, 0.29) is 12.4 Å². The smallest absolute Gasteiger partial charge is 0.289 e. The highest BCUT2D eigenvalue weighted by atomic mass is 35.5. The third kappa shape index (κ3) is 4.80. The molecule has 0 unspecified atom stereocenters. The van der Waals surface area contributed by atoms with Crippen molar-refractivity contribution in [3.05, 3.63) is 29.8 Å². The summed E-state index contributed by atoms with van der Waals surface area (Å²) >= 11 is 1.68. The Morgan fingerprint density at radius 2 is 1.86 bits per heavy atom. The van der Waals surface area contributed by atoms with Crippen LogP contribution in [0.4, 0.5) is 8.78 Å². The number of benzene rings is 1. The average molecular weight is 353 g/mol. The van der Waals surface area contributed by atoms with E-state index in [1.807, 2.05) is 12.1 Å². The number of halogens is 3. The normalized spacial score (nSPS) is 17.8. The first kappa shape index (κ1) is 19.6. The van der Waals surface area contributed by atoms with E-state index in [0.29, 0.717) is 31.7 Å². The van der Waals surface area contributed by atoms with Crippen molar-refractivity contribution in [3.63, 3.8) is 0 Å². The summed E-state index contributed by atoms with van der Waals surface area (Å²) in [7, 11) is 0. The first-order valence-corrected chi connectivity index (χ1v) is 8.23. The number of alkyl halides is 2. The maximum absolute atomic E-state index is 14.2. The molecule has 2 N–H and O–H groups in total. The topological polar surface area (TPSA) is 35.5 Å². The van der Waals surface area contributed by atoms with Gasteiger partial charge in [-0.3, -0.25) is 4.90 Å². The minimum absolute atomic E-state index is 0. The number of piperazine rings is 1. The summed E-state index contributed by atoms with van der Waals surface area (Å²) in [4.78, 5) is 2.84. The Balaban J connectivity index is 0.00000242. The molecular weight excluding hydrogens is 330 g/mol. The molecule has 1 fully saturated rings. The second-order valence-electron chi connectivity index (χ2n) is 5.11. The molecule has 7 heteroatoms. The van der Waals surface area contributed by atoms with Gasteiger partial charge >= 0.3 is 0 Å². The number of aliphatic hydroxyl groups excluding tert-OH is 1. The minimum Gasteiger partial charge on any atom is -0.390 e. The summed E-state index contributed by atoms with van der Waals surface area (Å²) in [5.74, 6) is -2.19. The molecule has 1 saturated heterocycles. The van der Waals surface area contributed by atoms with Crippen LogP contribution in [0, 0.1) is 0 Å². The van der Waals surface area contributed by atoms with Gasteiger partial charge in [-0.05, 0) is 23.4 Å². The highest BCUT2D eigenvalue weighted by Gasteiger charge is 2.43. The van der Waals surface area contributed by atoms with Gasteiger partial charge in [0, 0.05) is 31.1 Å². The second kappa shape index (κ2) is 9.03. The number of rotatable bonds is 6. The highest BCUT2D eigenvalue weighted by molar-refractivity contribution is 7.99. The number of aliphatic hydroxyl groups is 1. The van der Waals surface area contributed by atoms with Gasteiger partial charge in [0.25, 0.3) is 5.92 Å². The van der Waals surface area contributed by atoms with Gasteiger partial charge in [0.05, 0.1) is 0 Å². The van der Waals surface area contributed by atoms with Crippen LogP contribution >= 0.6 is 24.2 Å². The molecule has 0 amide bonds. The molecule has 22 heavy (non-hydrogen) atoms. The Bertz CT molecular complexity index is 442. The van der Waals surface area contributed by atoms with Gasteiger partial charge in [0.1, 0.15) is 12.6 Å². The zero-order valence-electron chi connectivity index (χ0n) is 12.6. The van der Waals surface area contributed by atoms with Gasteiger partial charge in [0.2, 0.25) is 0 Å². The van der Waals surface area contributed by atoms with Gasteiger partial charge in [-0.2, -0.15) is 0 Å². The van der Waals surface area contributed by atoms with Gasteiger partial charge in [-0.15, -0.1) is 24.2 Å². The van der Waals surface area contributed by atoms with E-state index >= 15 is 0 Å². The first-order valence-electron chi connectivity index (χ1n) is 7.24. The van der Waals surface area contributed by atoms with Crippen LogP contribution < -0.4 is 5.32 Å².